The zero-order valence-corrected chi connectivity index (χ0v) is 8.10. The molecule has 4 heteroatoms. The second-order valence-corrected chi connectivity index (χ2v) is 3.42. The molecule has 1 heterocycles. The van der Waals surface area contributed by atoms with Crippen molar-refractivity contribution in [3.8, 4) is 0 Å². The number of amides is 1. The lowest BCUT2D eigenvalue weighted by Crippen LogP contribution is -2.39. The van der Waals surface area contributed by atoms with Crippen LogP contribution in [0.25, 0.3) is 0 Å². The predicted octanol–water partition coefficient (Wildman–Crippen LogP) is 0.687. The van der Waals surface area contributed by atoms with Crippen LogP contribution in [-0.2, 0) is 9.53 Å². The third-order valence-corrected chi connectivity index (χ3v) is 2.33. The highest BCUT2D eigenvalue weighted by molar-refractivity contribution is 5.78. The maximum absolute atomic E-state index is 11.1. The minimum atomic E-state index is -0.106. The Balaban J connectivity index is 2.14. The second kappa shape index (κ2) is 4.23. The zero-order chi connectivity index (χ0) is 10.7. The van der Waals surface area contributed by atoms with E-state index in [1.54, 1.807) is 12.1 Å². The monoisotopic (exact) mass is 205 g/mol. The highest BCUT2D eigenvalue weighted by atomic mass is 16.5. The smallest absolute Gasteiger partial charge is 0.246 e. The van der Waals surface area contributed by atoms with Crippen LogP contribution >= 0.6 is 0 Å². The molecular formula is C11H11NO3. The van der Waals surface area contributed by atoms with Crippen molar-refractivity contribution < 1.29 is 14.3 Å². The van der Waals surface area contributed by atoms with Gasteiger partial charge in [0.25, 0.3) is 0 Å². The number of rotatable bonds is 2. The summed E-state index contributed by atoms with van der Waals surface area (Å²) in [7, 11) is 0. The number of morpholine rings is 1. The molecule has 4 nitrogen and oxygen atoms in total. The molecule has 1 saturated heterocycles. The SMILES string of the molecule is O=Cc1ccc(C2COCC(=O)N2)cc1. The van der Waals surface area contributed by atoms with Gasteiger partial charge in [-0.25, -0.2) is 0 Å². The number of hydrogen-bond donors (Lipinski definition) is 1. The summed E-state index contributed by atoms with van der Waals surface area (Å²) in [5.41, 5.74) is 1.58. The van der Waals surface area contributed by atoms with Gasteiger partial charge >= 0.3 is 0 Å². The van der Waals surface area contributed by atoms with Gasteiger partial charge in [-0.15, -0.1) is 0 Å². The molecule has 0 spiro atoms. The number of ether oxygens (including phenoxy) is 1. The topological polar surface area (TPSA) is 55.4 Å². The molecule has 78 valence electrons. The third-order valence-electron chi connectivity index (χ3n) is 2.33. The highest BCUT2D eigenvalue weighted by Gasteiger charge is 2.19. The fourth-order valence-electron chi connectivity index (χ4n) is 1.53. The van der Waals surface area contributed by atoms with E-state index >= 15 is 0 Å². The quantitative estimate of drug-likeness (QED) is 0.722. The van der Waals surface area contributed by atoms with Gasteiger partial charge < -0.3 is 10.1 Å². The Morgan fingerprint density at radius 1 is 1.33 bits per heavy atom. The normalized spacial score (nSPS) is 20.8. The molecule has 0 aromatic heterocycles. The van der Waals surface area contributed by atoms with E-state index in [1.165, 1.54) is 0 Å². The van der Waals surface area contributed by atoms with E-state index in [4.69, 9.17) is 4.74 Å². The lowest BCUT2D eigenvalue weighted by atomic mass is 10.1. The Kier molecular flexibility index (Phi) is 2.78. The third kappa shape index (κ3) is 2.22. The van der Waals surface area contributed by atoms with E-state index < -0.39 is 0 Å². The first kappa shape index (κ1) is 9.86. The van der Waals surface area contributed by atoms with Crippen LogP contribution in [0.4, 0.5) is 0 Å². The molecule has 0 saturated carbocycles. The maximum atomic E-state index is 11.1. The van der Waals surface area contributed by atoms with Crippen LogP contribution in [-0.4, -0.2) is 25.4 Å². The van der Waals surface area contributed by atoms with E-state index in [2.05, 4.69) is 5.32 Å². The fraction of sp³-hybridized carbons (Fsp3) is 0.273. The molecule has 1 aliphatic rings. The highest BCUT2D eigenvalue weighted by Crippen LogP contribution is 2.16. The van der Waals surface area contributed by atoms with Gasteiger partial charge in [0.2, 0.25) is 5.91 Å². The van der Waals surface area contributed by atoms with Gasteiger partial charge in [-0.2, -0.15) is 0 Å². The van der Waals surface area contributed by atoms with Gasteiger partial charge in [0, 0.05) is 5.56 Å². The first-order valence-corrected chi connectivity index (χ1v) is 4.72. The van der Waals surface area contributed by atoms with Gasteiger partial charge in [0.1, 0.15) is 12.9 Å². The molecule has 1 aromatic carbocycles. The number of aldehydes is 1. The molecule has 1 N–H and O–H groups in total. The molecule has 1 fully saturated rings. The van der Waals surface area contributed by atoms with Crippen LogP contribution in [0.5, 0.6) is 0 Å². The van der Waals surface area contributed by atoms with Crippen LogP contribution in [0.15, 0.2) is 24.3 Å². The minimum Gasteiger partial charge on any atom is -0.369 e. The van der Waals surface area contributed by atoms with E-state index in [9.17, 15) is 9.59 Å². The summed E-state index contributed by atoms with van der Waals surface area (Å²) in [6, 6.07) is 6.99. The summed E-state index contributed by atoms with van der Waals surface area (Å²) in [6.45, 7) is 0.606. The standard InChI is InChI=1S/C11H11NO3/c13-5-8-1-3-9(4-2-8)10-6-15-7-11(14)12-10/h1-5,10H,6-7H2,(H,12,14). The van der Waals surface area contributed by atoms with Crippen molar-refractivity contribution in [1.82, 2.24) is 5.32 Å². The van der Waals surface area contributed by atoms with Crippen molar-refractivity contribution in [2.24, 2.45) is 0 Å². The Labute approximate surface area is 87.2 Å². The fourth-order valence-corrected chi connectivity index (χ4v) is 1.53. The average Bonchev–Trinajstić information content (AvgIpc) is 2.29. The molecule has 1 aliphatic heterocycles. The summed E-state index contributed by atoms with van der Waals surface area (Å²) in [6.07, 6.45) is 0.791. The molecule has 15 heavy (non-hydrogen) atoms. The largest absolute Gasteiger partial charge is 0.369 e. The van der Waals surface area contributed by atoms with E-state index in [0.29, 0.717) is 12.2 Å². The average molecular weight is 205 g/mol. The Morgan fingerprint density at radius 2 is 2.07 bits per heavy atom. The lowest BCUT2D eigenvalue weighted by molar-refractivity contribution is -0.131. The number of carbonyl (C=O) groups is 2. The van der Waals surface area contributed by atoms with Crippen molar-refractivity contribution in [2.75, 3.05) is 13.2 Å². The number of carbonyl (C=O) groups excluding carboxylic acids is 2. The summed E-state index contributed by atoms with van der Waals surface area (Å²) < 4.78 is 5.12. The van der Waals surface area contributed by atoms with Crippen molar-refractivity contribution in [3.05, 3.63) is 35.4 Å². The van der Waals surface area contributed by atoms with E-state index in [0.717, 1.165) is 11.8 Å². The molecule has 0 bridgehead atoms. The van der Waals surface area contributed by atoms with Crippen LogP contribution < -0.4 is 5.32 Å². The van der Waals surface area contributed by atoms with Gasteiger partial charge in [0.05, 0.1) is 12.6 Å². The number of nitrogens with one attached hydrogen (secondary N) is 1. The maximum Gasteiger partial charge on any atom is 0.246 e. The van der Waals surface area contributed by atoms with E-state index in [1.807, 2.05) is 12.1 Å². The van der Waals surface area contributed by atoms with E-state index in [-0.39, 0.29) is 18.6 Å². The number of hydrogen-bond acceptors (Lipinski definition) is 3. The molecule has 1 unspecified atom stereocenters. The zero-order valence-electron chi connectivity index (χ0n) is 8.10. The van der Waals surface area contributed by atoms with Gasteiger partial charge in [0.15, 0.2) is 0 Å². The van der Waals surface area contributed by atoms with Crippen LogP contribution in [0, 0.1) is 0 Å². The summed E-state index contributed by atoms with van der Waals surface area (Å²) >= 11 is 0. The molecule has 2 rings (SSSR count). The minimum absolute atomic E-state index is 0.105. The number of benzene rings is 1. The van der Waals surface area contributed by atoms with Crippen molar-refractivity contribution in [2.45, 2.75) is 6.04 Å². The summed E-state index contributed by atoms with van der Waals surface area (Å²) in [4.78, 5) is 21.5. The molecule has 1 atom stereocenters. The van der Waals surface area contributed by atoms with Gasteiger partial charge in [-0.05, 0) is 5.56 Å². The molecule has 0 radical (unpaired) electrons. The van der Waals surface area contributed by atoms with Crippen molar-refractivity contribution in [1.29, 1.82) is 0 Å². The summed E-state index contributed by atoms with van der Waals surface area (Å²) in [5, 5.41) is 2.82. The molecule has 1 amide bonds. The van der Waals surface area contributed by atoms with Crippen LogP contribution in [0.3, 0.4) is 0 Å². The Hall–Kier alpha value is -1.68. The van der Waals surface area contributed by atoms with Gasteiger partial charge in [-0.3, -0.25) is 9.59 Å². The molecular weight excluding hydrogens is 194 g/mol. The molecule has 1 aromatic rings. The van der Waals surface area contributed by atoms with Crippen LogP contribution in [0.2, 0.25) is 0 Å². The molecule has 0 aliphatic carbocycles. The summed E-state index contributed by atoms with van der Waals surface area (Å²) in [5.74, 6) is -0.106. The first-order valence-electron chi connectivity index (χ1n) is 4.72. The predicted molar refractivity (Wildman–Crippen MR) is 53.5 cm³/mol. The Morgan fingerprint density at radius 3 is 2.67 bits per heavy atom. The van der Waals surface area contributed by atoms with Gasteiger partial charge in [-0.1, -0.05) is 24.3 Å². The van der Waals surface area contributed by atoms with Crippen molar-refractivity contribution >= 4 is 12.2 Å². The van der Waals surface area contributed by atoms with Crippen LogP contribution in [0.1, 0.15) is 22.0 Å². The second-order valence-electron chi connectivity index (χ2n) is 3.42. The Bertz CT molecular complexity index is 372. The lowest BCUT2D eigenvalue weighted by Gasteiger charge is -2.23. The van der Waals surface area contributed by atoms with Crippen molar-refractivity contribution in [3.63, 3.8) is 0 Å². The first-order chi connectivity index (χ1) is 7.29.